The molecular formula is C29H26N6O. The highest BCUT2D eigenvalue weighted by Crippen LogP contribution is 2.41. The molecule has 0 saturated heterocycles. The largest absolute Gasteiger partial charge is 0.487 e. The smallest absolute Gasteiger partial charge is 0.130 e. The van der Waals surface area contributed by atoms with Crippen LogP contribution in [0.5, 0.6) is 5.75 Å². The fourth-order valence-electron chi connectivity index (χ4n) is 5.11. The van der Waals surface area contributed by atoms with Crippen molar-refractivity contribution < 1.29 is 4.74 Å². The number of benzene rings is 3. The van der Waals surface area contributed by atoms with E-state index in [9.17, 15) is 0 Å². The lowest BCUT2D eigenvalue weighted by molar-refractivity contribution is 0.298. The van der Waals surface area contributed by atoms with Gasteiger partial charge >= 0.3 is 0 Å². The monoisotopic (exact) mass is 474 g/mol. The molecule has 36 heavy (non-hydrogen) atoms. The van der Waals surface area contributed by atoms with E-state index in [0.29, 0.717) is 18.4 Å². The summed E-state index contributed by atoms with van der Waals surface area (Å²) in [5.74, 6) is 3.46. The fourth-order valence-corrected chi connectivity index (χ4v) is 5.11. The summed E-state index contributed by atoms with van der Waals surface area (Å²) >= 11 is 0. The summed E-state index contributed by atoms with van der Waals surface area (Å²) < 4.78 is 6.14. The van der Waals surface area contributed by atoms with Crippen molar-refractivity contribution in [3.05, 3.63) is 66.3 Å². The lowest BCUT2D eigenvalue weighted by Crippen LogP contribution is -2.05. The number of ether oxygens (including phenoxy) is 1. The van der Waals surface area contributed by atoms with Gasteiger partial charge in [-0.05, 0) is 34.7 Å². The number of aromatic nitrogens is 6. The number of nitrogens with zero attached hydrogens (tertiary/aromatic N) is 4. The second-order valence-corrected chi connectivity index (χ2v) is 10.1. The predicted octanol–water partition coefficient (Wildman–Crippen LogP) is 6.86. The molecule has 0 fully saturated rings. The minimum atomic E-state index is 0.297. The van der Waals surface area contributed by atoms with Crippen LogP contribution in [-0.2, 0) is 6.61 Å². The summed E-state index contributed by atoms with van der Waals surface area (Å²) in [5.41, 5.74) is 8.07. The number of imidazole rings is 2. The molecule has 0 atom stereocenters. The molecule has 0 amide bonds. The van der Waals surface area contributed by atoms with Gasteiger partial charge < -0.3 is 14.7 Å². The van der Waals surface area contributed by atoms with Gasteiger partial charge in [0.1, 0.15) is 30.3 Å². The first-order valence-electron chi connectivity index (χ1n) is 12.4. The first kappa shape index (κ1) is 21.1. The van der Waals surface area contributed by atoms with Crippen LogP contribution in [0.15, 0.2) is 48.9 Å². The summed E-state index contributed by atoms with van der Waals surface area (Å²) in [4.78, 5) is 25.7. The SMILES string of the molecule is CC(C)c1nc2c([nH]1)COc1cc(-c3ccc4c(c3)c3cncnc3c3[nH]c(C(C)C)nc43)ccc1-2. The zero-order chi connectivity index (χ0) is 24.6. The van der Waals surface area contributed by atoms with E-state index in [-0.39, 0.29) is 0 Å². The fraction of sp³-hybridized carbons (Fsp3) is 0.241. The van der Waals surface area contributed by atoms with Crippen LogP contribution >= 0.6 is 0 Å². The maximum Gasteiger partial charge on any atom is 0.130 e. The molecule has 7 rings (SSSR count). The van der Waals surface area contributed by atoms with Crippen molar-refractivity contribution in [3.63, 3.8) is 0 Å². The van der Waals surface area contributed by atoms with Crippen LogP contribution in [0.2, 0.25) is 0 Å². The molecule has 0 saturated carbocycles. The Hall–Kier alpha value is -4.26. The van der Waals surface area contributed by atoms with Crippen LogP contribution in [-0.4, -0.2) is 29.9 Å². The number of H-pyrrole nitrogens is 2. The summed E-state index contributed by atoms with van der Waals surface area (Å²) in [5, 5.41) is 3.19. The minimum Gasteiger partial charge on any atom is -0.487 e. The quantitative estimate of drug-likeness (QED) is 0.274. The molecule has 0 unspecified atom stereocenters. The number of hydrogen-bond donors (Lipinski definition) is 2. The maximum atomic E-state index is 6.14. The Labute approximate surface area is 208 Å². The van der Waals surface area contributed by atoms with Gasteiger partial charge in [0.25, 0.3) is 0 Å². The Bertz CT molecular complexity index is 1810. The van der Waals surface area contributed by atoms with Gasteiger partial charge in [-0.3, -0.25) is 0 Å². The van der Waals surface area contributed by atoms with E-state index in [0.717, 1.165) is 78.2 Å². The summed E-state index contributed by atoms with van der Waals surface area (Å²) in [6.45, 7) is 9.07. The zero-order valence-corrected chi connectivity index (χ0v) is 20.7. The zero-order valence-electron chi connectivity index (χ0n) is 20.7. The number of aromatic amines is 2. The van der Waals surface area contributed by atoms with E-state index in [1.54, 1.807) is 6.33 Å². The molecule has 0 bridgehead atoms. The third-order valence-electron chi connectivity index (χ3n) is 7.07. The summed E-state index contributed by atoms with van der Waals surface area (Å²) in [7, 11) is 0. The highest BCUT2D eigenvalue weighted by atomic mass is 16.5. The van der Waals surface area contributed by atoms with E-state index in [2.05, 4.69) is 84.0 Å². The highest BCUT2D eigenvalue weighted by molar-refractivity contribution is 6.22. The average Bonchev–Trinajstić information content (AvgIpc) is 3.54. The van der Waals surface area contributed by atoms with Crippen LogP contribution in [0.4, 0.5) is 0 Å². The van der Waals surface area contributed by atoms with Crippen LogP contribution in [0, 0.1) is 0 Å². The normalized spacial score (nSPS) is 13.1. The molecule has 0 spiro atoms. The lowest BCUT2D eigenvalue weighted by atomic mass is 9.96. The van der Waals surface area contributed by atoms with Crippen LogP contribution in [0.1, 0.15) is 56.9 Å². The van der Waals surface area contributed by atoms with E-state index < -0.39 is 0 Å². The van der Waals surface area contributed by atoms with Crippen molar-refractivity contribution in [2.45, 2.75) is 46.1 Å². The molecule has 4 heterocycles. The molecule has 1 aliphatic heterocycles. The van der Waals surface area contributed by atoms with E-state index in [1.807, 2.05) is 6.20 Å². The molecule has 6 aromatic rings. The minimum absolute atomic E-state index is 0.297. The molecule has 7 nitrogen and oxygen atoms in total. The van der Waals surface area contributed by atoms with Crippen molar-refractivity contribution in [3.8, 4) is 28.1 Å². The molecule has 2 N–H and O–H groups in total. The summed E-state index contributed by atoms with van der Waals surface area (Å²) in [6.07, 6.45) is 3.49. The average molecular weight is 475 g/mol. The van der Waals surface area contributed by atoms with Gasteiger partial charge in [-0.25, -0.2) is 19.9 Å². The second-order valence-electron chi connectivity index (χ2n) is 10.1. The Morgan fingerprint density at radius 2 is 1.58 bits per heavy atom. The van der Waals surface area contributed by atoms with Gasteiger partial charge in [-0.2, -0.15) is 0 Å². The van der Waals surface area contributed by atoms with Crippen molar-refractivity contribution in [1.82, 2.24) is 29.9 Å². The maximum absolute atomic E-state index is 6.14. The first-order valence-corrected chi connectivity index (χ1v) is 12.4. The third kappa shape index (κ3) is 3.05. The van der Waals surface area contributed by atoms with E-state index >= 15 is 0 Å². The lowest BCUT2D eigenvalue weighted by Gasteiger charge is -2.18. The van der Waals surface area contributed by atoms with Crippen molar-refractivity contribution >= 4 is 32.7 Å². The second kappa shape index (κ2) is 7.62. The molecule has 3 aromatic carbocycles. The number of hydrogen-bond acceptors (Lipinski definition) is 5. The molecule has 3 aromatic heterocycles. The molecule has 7 heteroatoms. The van der Waals surface area contributed by atoms with Gasteiger partial charge in [-0.15, -0.1) is 0 Å². The van der Waals surface area contributed by atoms with Crippen molar-refractivity contribution in [2.24, 2.45) is 0 Å². The number of nitrogens with one attached hydrogen (secondary N) is 2. The van der Waals surface area contributed by atoms with E-state index in [1.165, 1.54) is 0 Å². The van der Waals surface area contributed by atoms with Gasteiger partial charge in [0.15, 0.2) is 0 Å². The molecule has 1 aliphatic rings. The molecule has 0 radical (unpaired) electrons. The highest BCUT2D eigenvalue weighted by Gasteiger charge is 2.23. The molecule has 178 valence electrons. The third-order valence-corrected chi connectivity index (χ3v) is 7.07. The number of fused-ring (bicyclic) bond motifs is 9. The van der Waals surface area contributed by atoms with Crippen LogP contribution < -0.4 is 4.74 Å². The van der Waals surface area contributed by atoms with E-state index in [4.69, 9.17) is 14.7 Å². The van der Waals surface area contributed by atoms with Gasteiger partial charge in [0.05, 0.1) is 27.9 Å². The predicted molar refractivity (Wildman–Crippen MR) is 142 cm³/mol. The van der Waals surface area contributed by atoms with Gasteiger partial charge in [0, 0.05) is 34.4 Å². The van der Waals surface area contributed by atoms with Gasteiger partial charge in [0.2, 0.25) is 0 Å². The standard InChI is InChI=1S/C29H26N6O/c1-14(2)28-32-22-12-36-23-10-17(6-8-19(23)24(22)33-28)16-5-7-18-20(9-16)21-11-30-13-31-25(21)27-26(18)34-29(35-27)15(3)4/h5-11,13-15H,12H2,1-4H3,(H,32,33)(H,34,35). The van der Waals surface area contributed by atoms with Gasteiger partial charge in [-0.1, -0.05) is 45.9 Å². The Morgan fingerprint density at radius 1 is 0.806 bits per heavy atom. The van der Waals surface area contributed by atoms with Crippen LogP contribution in [0.3, 0.4) is 0 Å². The summed E-state index contributed by atoms with van der Waals surface area (Å²) in [6, 6.07) is 12.9. The topological polar surface area (TPSA) is 92.4 Å². The Balaban J connectivity index is 1.40. The van der Waals surface area contributed by atoms with Crippen molar-refractivity contribution in [2.75, 3.05) is 0 Å². The molecule has 0 aliphatic carbocycles. The first-order chi connectivity index (χ1) is 17.5. The molecular weight excluding hydrogens is 448 g/mol. The Kier molecular flexibility index (Phi) is 4.46. The van der Waals surface area contributed by atoms with Crippen LogP contribution in [0.25, 0.3) is 55.1 Å². The van der Waals surface area contributed by atoms with Crippen molar-refractivity contribution in [1.29, 1.82) is 0 Å². The number of rotatable bonds is 3. The Morgan fingerprint density at radius 3 is 2.42 bits per heavy atom.